The number of hydrogen-bond donors (Lipinski definition) is 3. The van der Waals surface area contributed by atoms with E-state index in [9.17, 15) is 4.79 Å². The van der Waals surface area contributed by atoms with Gasteiger partial charge in [0.25, 0.3) is 0 Å². The maximum atomic E-state index is 10.6. The number of nitrogens with one attached hydrogen (secondary N) is 1. The number of hydrogen-bond acceptors (Lipinski definition) is 4. The predicted molar refractivity (Wildman–Crippen MR) is 54.4 cm³/mol. The number of rotatable bonds is 3. The number of aromatic carboxylic acids is 1. The average molecular weight is 195 g/mol. The molecule has 0 saturated carbocycles. The van der Waals surface area contributed by atoms with Crippen molar-refractivity contribution in [2.24, 2.45) is 0 Å². The van der Waals surface area contributed by atoms with E-state index in [0.29, 0.717) is 11.5 Å². The minimum Gasteiger partial charge on any atom is -0.477 e. The summed E-state index contributed by atoms with van der Waals surface area (Å²) in [5.74, 6) is -0.642. The molecule has 0 aliphatic rings. The van der Waals surface area contributed by atoms with Gasteiger partial charge in [0.1, 0.15) is 5.82 Å². The van der Waals surface area contributed by atoms with Crippen molar-refractivity contribution in [2.45, 2.75) is 19.9 Å². The number of carboxylic acid groups (broad SMARTS) is 1. The molecule has 4 N–H and O–H groups in total. The van der Waals surface area contributed by atoms with Gasteiger partial charge in [-0.2, -0.15) is 0 Å². The molecule has 1 heterocycles. The first-order chi connectivity index (χ1) is 6.50. The Balaban J connectivity index is 3.02. The fraction of sp³-hybridized carbons (Fsp3) is 0.333. The molecule has 0 fully saturated rings. The molecular weight excluding hydrogens is 182 g/mol. The van der Waals surface area contributed by atoms with E-state index >= 15 is 0 Å². The van der Waals surface area contributed by atoms with Crippen LogP contribution in [0, 0.1) is 0 Å². The van der Waals surface area contributed by atoms with E-state index in [1.165, 1.54) is 12.1 Å². The van der Waals surface area contributed by atoms with Gasteiger partial charge in [0.15, 0.2) is 5.69 Å². The molecule has 0 amide bonds. The van der Waals surface area contributed by atoms with Crippen molar-refractivity contribution in [1.82, 2.24) is 4.98 Å². The van der Waals surface area contributed by atoms with Gasteiger partial charge in [-0.25, -0.2) is 9.78 Å². The summed E-state index contributed by atoms with van der Waals surface area (Å²) in [6, 6.07) is 3.07. The SMILES string of the molecule is CC(C)Nc1nc(C(=O)O)ccc1N. The molecule has 1 aromatic heterocycles. The highest BCUT2D eigenvalue weighted by Crippen LogP contribution is 2.16. The molecule has 0 atom stereocenters. The Morgan fingerprint density at radius 1 is 1.57 bits per heavy atom. The van der Waals surface area contributed by atoms with Crippen molar-refractivity contribution in [1.29, 1.82) is 0 Å². The highest BCUT2D eigenvalue weighted by atomic mass is 16.4. The maximum absolute atomic E-state index is 10.6. The first-order valence-corrected chi connectivity index (χ1v) is 4.27. The third-order valence-electron chi connectivity index (χ3n) is 1.57. The van der Waals surface area contributed by atoms with Crippen molar-refractivity contribution < 1.29 is 9.90 Å². The summed E-state index contributed by atoms with van der Waals surface area (Å²) in [6.45, 7) is 3.85. The van der Waals surface area contributed by atoms with Gasteiger partial charge in [-0.3, -0.25) is 0 Å². The zero-order valence-corrected chi connectivity index (χ0v) is 8.11. The molecule has 76 valence electrons. The number of anilines is 2. The van der Waals surface area contributed by atoms with Gasteiger partial charge in [0.2, 0.25) is 0 Å². The van der Waals surface area contributed by atoms with Crippen molar-refractivity contribution in [3.8, 4) is 0 Å². The number of nitrogen functional groups attached to an aromatic ring is 1. The fourth-order valence-electron chi connectivity index (χ4n) is 0.978. The number of aromatic nitrogens is 1. The lowest BCUT2D eigenvalue weighted by atomic mass is 10.3. The molecule has 0 bridgehead atoms. The summed E-state index contributed by atoms with van der Waals surface area (Å²) >= 11 is 0. The smallest absolute Gasteiger partial charge is 0.354 e. The quantitative estimate of drug-likeness (QED) is 0.674. The van der Waals surface area contributed by atoms with Crippen molar-refractivity contribution >= 4 is 17.5 Å². The second-order valence-electron chi connectivity index (χ2n) is 3.24. The number of nitrogens with two attached hydrogens (primary N) is 1. The first-order valence-electron chi connectivity index (χ1n) is 4.27. The molecule has 1 rings (SSSR count). The van der Waals surface area contributed by atoms with E-state index in [4.69, 9.17) is 10.8 Å². The lowest BCUT2D eigenvalue weighted by Crippen LogP contribution is -2.14. The van der Waals surface area contributed by atoms with Gasteiger partial charge in [0.05, 0.1) is 5.69 Å². The number of carbonyl (C=O) groups is 1. The average Bonchev–Trinajstić information content (AvgIpc) is 2.07. The molecule has 0 aromatic carbocycles. The van der Waals surface area contributed by atoms with Crippen LogP contribution < -0.4 is 11.1 Å². The van der Waals surface area contributed by atoms with Crippen LogP contribution in [0.15, 0.2) is 12.1 Å². The number of pyridine rings is 1. The Hall–Kier alpha value is -1.78. The van der Waals surface area contributed by atoms with Crippen LogP contribution in [0.5, 0.6) is 0 Å². The van der Waals surface area contributed by atoms with Crippen LogP contribution in [0.2, 0.25) is 0 Å². The van der Waals surface area contributed by atoms with Crippen LogP contribution in [-0.2, 0) is 0 Å². The summed E-state index contributed by atoms with van der Waals surface area (Å²) in [5.41, 5.74) is 6.06. The standard InChI is InChI=1S/C9H13N3O2/c1-5(2)11-8-6(10)3-4-7(12-8)9(13)14/h3-5H,10H2,1-2H3,(H,11,12)(H,13,14). The van der Waals surface area contributed by atoms with Gasteiger partial charge in [-0.15, -0.1) is 0 Å². The van der Waals surface area contributed by atoms with E-state index in [2.05, 4.69) is 10.3 Å². The molecule has 0 saturated heterocycles. The topological polar surface area (TPSA) is 88.2 Å². The molecule has 0 spiro atoms. The van der Waals surface area contributed by atoms with Crippen molar-refractivity contribution in [3.63, 3.8) is 0 Å². The van der Waals surface area contributed by atoms with E-state index in [-0.39, 0.29) is 11.7 Å². The summed E-state index contributed by atoms with van der Waals surface area (Å²) in [7, 11) is 0. The molecule has 0 radical (unpaired) electrons. The molecule has 0 aliphatic carbocycles. The lowest BCUT2D eigenvalue weighted by Gasteiger charge is -2.11. The van der Waals surface area contributed by atoms with E-state index in [1.54, 1.807) is 0 Å². The summed E-state index contributed by atoms with van der Waals surface area (Å²) in [6.07, 6.45) is 0. The molecule has 0 unspecified atom stereocenters. The highest BCUT2D eigenvalue weighted by molar-refractivity contribution is 5.86. The van der Waals surface area contributed by atoms with Crippen LogP contribution in [0.1, 0.15) is 24.3 Å². The monoisotopic (exact) mass is 195 g/mol. The molecule has 5 nitrogen and oxygen atoms in total. The zero-order valence-electron chi connectivity index (χ0n) is 8.11. The van der Waals surface area contributed by atoms with E-state index in [1.807, 2.05) is 13.8 Å². The lowest BCUT2D eigenvalue weighted by molar-refractivity contribution is 0.0690. The van der Waals surface area contributed by atoms with Crippen LogP contribution in [0.4, 0.5) is 11.5 Å². The van der Waals surface area contributed by atoms with Crippen LogP contribution in [-0.4, -0.2) is 22.1 Å². The maximum Gasteiger partial charge on any atom is 0.354 e. The normalized spacial score (nSPS) is 10.2. The Labute approximate surface area is 82.0 Å². The minimum absolute atomic E-state index is 0.0117. The molecular formula is C9H13N3O2. The fourth-order valence-corrected chi connectivity index (χ4v) is 0.978. The van der Waals surface area contributed by atoms with Gasteiger partial charge in [0, 0.05) is 6.04 Å². The molecule has 14 heavy (non-hydrogen) atoms. The second-order valence-corrected chi connectivity index (χ2v) is 3.24. The summed E-state index contributed by atoms with van der Waals surface area (Å²) in [5, 5.41) is 11.7. The Morgan fingerprint density at radius 3 is 2.71 bits per heavy atom. The van der Waals surface area contributed by atoms with Crippen molar-refractivity contribution in [3.05, 3.63) is 17.8 Å². The Bertz CT molecular complexity index is 350. The predicted octanol–water partition coefficient (Wildman–Crippen LogP) is 1.18. The molecule has 1 aromatic rings. The van der Waals surface area contributed by atoms with Gasteiger partial charge in [-0.05, 0) is 26.0 Å². The number of nitrogens with zero attached hydrogens (tertiary/aromatic N) is 1. The number of carboxylic acids is 1. The van der Waals surface area contributed by atoms with Gasteiger partial charge < -0.3 is 16.2 Å². The summed E-state index contributed by atoms with van der Waals surface area (Å²) < 4.78 is 0. The molecule has 0 aliphatic heterocycles. The first kappa shape index (κ1) is 10.3. The third-order valence-corrected chi connectivity index (χ3v) is 1.57. The highest BCUT2D eigenvalue weighted by Gasteiger charge is 2.08. The zero-order chi connectivity index (χ0) is 10.7. The van der Waals surface area contributed by atoms with E-state index < -0.39 is 5.97 Å². The molecule has 5 heteroatoms. The van der Waals surface area contributed by atoms with E-state index in [0.717, 1.165) is 0 Å². The van der Waals surface area contributed by atoms with Crippen LogP contribution in [0.25, 0.3) is 0 Å². The Morgan fingerprint density at radius 2 is 2.21 bits per heavy atom. The summed E-state index contributed by atoms with van der Waals surface area (Å²) in [4.78, 5) is 14.5. The van der Waals surface area contributed by atoms with Gasteiger partial charge in [-0.1, -0.05) is 0 Å². The van der Waals surface area contributed by atoms with Crippen molar-refractivity contribution in [2.75, 3.05) is 11.1 Å². The van der Waals surface area contributed by atoms with Crippen LogP contribution >= 0.6 is 0 Å². The van der Waals surface area contributed by atoms with Gasteiger partial charge >= 0.3 is 5.97 Å². The largest absolute Gasteiger partial charge is 0.477 e. The Kier molecular flexibility index (Phi) is 2.91. The minimum atomic E-state index is -1.06. The second kappa shape index (κ2) is 3.95. The third kappa shape index (κ3) is 2.35. The van der Waals surface area contributed by atoms with Crippen LogP contribution in [0.3, 0.4) is 0 Å².